The zero-order valence-corrected chi connectivity index (χ0v) is 10.4. The van der Waals surface area contributed by atoms with Gasteiger partial charge >= 0.3 is 0 Å². The lowest BCUT2D eigenvalue weighted by Gasteiger charge is -1.95. The van der Waals surface area contributed by atoms with Crippen molar-refractivity contribution in [3.63, 3.8) is 0 Å². The molecule has 1 aromatic carbocycles. The van der Waals surface area contributed by atoms with Crippen LogP contribution in [0.5, 0.6) is 0 Å². The number of aromatic amines is 1. The van der Waals surface area contributed by atoms with Gasteiger partial charge in [-0.2, -0.15) is 0 Å². The molecular formula is C13H13N5O. The minimum absolute atomic E-state index is 0.0712. The Labute approximate surface area is 109 Å². The first-order chi connectivity index (χ1) is 9.16. The first-order valence-electron chi connectivity index (χ1n) is 5.64. The molecule has 0 aliphatic heterocycles. The van der Waals surface area contributed by atoms with Gasteiger partial charge in [0, 0.05) is 6.20 Å². The third-order valence-corrected chi connectivity index (χ3v) is 2.34. The standard InChI is InChI=1S/C9H8N2O.C4H5N3/c1-6-10-8-5-3-2-4-7(8)9(12)11-6;5-4-1-2-6-3-7-4/h2-5H,1H3,(H,10,11,12);1-3H,(H2,5,6,7). The molecule has 0 saturated heterocycles. The zero-order valence-electron chi connectivity index (χ0n) is 10.4. The number of nitrogens with one attached hydrogen (secondary N) is 1. The first kappa shape index (κ1) is 12.7. The van der Waals surface area contributed by atoms with Gasteiger partial charge in [0.2, 0.25) is 0 Å². The number of anilines is 1. The second kappa shape index (κ2) is 5.72. The predicted molar refractivity (Wildman–Crippen MR) is 73.5 cm³/mol. The highest BCUT2D eigenvalue weighted by Gasteiger charge is 1.97. The van der Waals surface area contributed by atoms with E-state index in [9.17, 15) is 4.79 Å². The van der Waals surface area contributed by atoms with Crippen molar-refractivity contribution in [1.82, 2.24) is 19.9 Å². The number of rotatable bonds is 0. The molecule has 0 saturated carbocycles. The number of fused-ring (bicyclic) bond motifs is 1. The predicted octanol–water partition coefficient (Wildman–Crippen LogP) is 1.29. The minimum atomic E-state index is -0.0712. The number of nitrogen functional groups attached to an aromatic ring is 1. The second-order valence-electron chi connectivity index (χ2n) is 3.80. The molecule has 2 aromatic heterocycles. The Morgan fingerprint density at radius 2 is 2.00 bits per heavy atom. The Hall–Kier alpha value is -2.76. The Morgan fingerprint density at radius 1 is 1.21 bits per heavy atom. The van der Waals surface area contributed by atoms with E-state index < -0.39 is 0 Å². The summed E-state index contributed by atoms with van der Waals surface area (Å²) in [7, 11) is 0. The van der Waals surface area contributed by atoms with Gasteiger partial charge in [0.1, 0.15) is 18.0 Å². The number of hydrogen-bond acceptors (Lipinski definition) is 5. The van der Waals surface area contributed by atoms with Crippen LogP contribution >= 0.6 is 0 Å². The smallest absolute Gasteiger partial charge is 0.258 e. The lowest BCUT2D eigenvalue weighted by atomic mass is 10.2. The van der Waals surface area contributed by atoms with E-state index in [0.29, 0.717) is 17.0 Å². The molecule has 6 heteroatoms. The number of benzene rings is 1. The number of nitrogens with two attached hydrogens (primary N) is 1. The molecule has 0 amide bonds. The van der Waals surface area contributed by atoms with E-state index in [1.807, 2.05) is 18.2 Å². The van der Waals surface area contributed by atoms with E-state index in [1.165, 1.54) is 6.33 Å². The zero-order chi connectivity index (χ0) is 13.7. The Morgan fingerprint density at radius 3 is 2.63 bits per heavy atom. The van der Waals surface area contributed by atoms with Crippen molar-refractivity contribution >= 4 is 16.7 Å². The summed E-state index contributed by atoms with van der Waals surface area (Å²) in [5, 5.41) is 0.642. The molecule has 6 nitrogen and oxygen atoms in total. The van der Waals surface area contributed by atoms with E-state index in [-0.39, 0.29) is 5.56 Å². The van der Waals surface area contributed by atoms with Crippen LogP contribution in [0.25, 0.3) is 10.9 Å². The number of aryl methyl sites for hydroxylation is 1. The molecule has 3 aromatic rings. The molecule has 2 heterocycles. The van der Waals surface area contributed by atoms with E-state index in [1.54, 1.807) is 25.3 Å². The van der Waals surface area contributed by atoms with Crippen LogP contribution in [0.2, 0.25) is 0 Å². The molecule has 19 heavy (non-hydrogen) atoms. The number of aromatic nitrogens is 4. The number of para-hydroxylation sites is 1. The first-order valence-corrected chi connectivity index (χ1v) is 5.64. The van der Waals surface area contributed by atoms with Gasteiger partial charge in [0.15, 0.2) is 0 Å². The monoisotopic (exact) mass is 255 g/mol. The summed E-state index contributed by atoms with van der Waals surface area (Å²) >= 11 is 0. The topological polar surface area (TPSA) is 97.5 Å². The fourth-order valence-electron chi connectivity index (χ4n) is 1.50. The van der Waals surface area contributed by atoms with Crippen molar-refractivity contribution in [2.75, 3.05) is 5.73 Å². The fourth-order valence-corrected chi connectivity index (χ4v) is 1.50. The molecule has 0 atom stereocenters. The van der Waals surface area contributed by atoms with Crippen molar-refractivity contribution in [1.29, 1.82) is 0 Å². The van der Waals surface area contributed by atoms with Crippen LogP contribution in [0, 0.1) is 6.92 Å². The Balaban J connectivity index is 0.000000163. The number of nitrogens with zero attached hydrogens (tertiary/aromatic N) is 3. The Bertz CT molecular complexity index is 724. The summed E-state index contributed by atoms with van der Waals surface area (Å²) < 4.78 is 0. The minimum Gasteiger partial charge on any atom is -0.384 e. The average Bonchev–Trinajstić information content (AvgIpc) is 2.40. The van der Waals surface area contributed by atoms with Gasteiger partial charge in [0.25, 0.3) is 5.56 Å². The molecule has 0 unspecified atom stereocenters. The average molecular weight is 255 g/mol. The highest BCUT2D eigenvalue weighted by atomic mass is 16.1. The van der Waals surface area contributed by atoms with Crippen LogP contribution in [0.15, 0.2) is 47.7 Å². The molecule has 0 fully saturated rings. The van der Waals surface area contributed by atoms with Gasteiger partial charge in [-0.25, -0.2) is 15.0 Å². The maximum absolute atomic E-state index is 11.3. The molecule has 3 N–H and O–H groups in total. The molecule has 0 spiro atoms. The van der Waals surface area contributed by atoms with Crippen molar-refractivity contribution in [3.05, 3.63) is 59.0 Å². The quantitative estimate of drug-likeness (QED) is 0.630. The molecule has 0 radical (unpaired) electrons. The largest absolute Gasteiger partial charge is 0.384 e. The van der Waals surface area contributed by atoms with Crippen LogP contribution in [-0.2, 0) is 0 Å². The van der Waals surface area contributed by atoms with Crippen LogP contribution in [-0.4, -0.2) is 19.9 Å². The van der Waals surface area contributed by atoms with Crippen molar-refractivity contribution in [2.24, 2.45) is 0 Å². The van der Waals surface area contributed by atoms with Crippen LogP contribution in [0.1, 0.15) is 5.82 Å². The third-order valence-electron chi connectivity index (χ3n) is 2.34. The van der Waals surface area contributed by atoms with Crippen molar-refractivity contribution in [3.8, 4) is 0 Å². The van der Waals surface area contributed by atoms with Gasteiger partial charge in [-0.3, -0.25) is 4.79 Å². The van der Waals surface area contributed by atoms with E-state index in [0.717, 1.165) is 5.52 Å². The summed E-state index contributed by atoms with van der Waals surface area (Å²) in [6.07, 6.45) is 3.01. The van der Waals surface area contributed by atoms with Gasteiger partial charge < -0.3 is 10.7 Å². The lowest BCUT2D eigenvalue weighted by Crippen LogP contribution is -2.09. The summed E-state index contributed by atoms with van der Waals surface area (Å²) in [6, 6.07) is 8.93. The summed E-state index contributed by atoms with van der Waals surface area (Å²) in [5.74, 6) is 1.16. The van der Waals surface area contributed by atoms with Gasteiger partial charge in [-0.1, -0.05) is 12.1 Å². The highest BCUT2D eigenvalue weighted by molar-refractivity contribution is 5.76. The van der Waals surface area contributed by atoms with Gasteiger partial charge in [0.05, 0.1) is 10.9 Å². The highest BCUT2D eigenvalue weighted by Crippen LogP contribution is 2.04. The summed E-state index contributed by atoms with van der Waals surface area (Å²) in [4.78, 5) is 25.4. The normalized spacial score (nSPS) is 9.74. The van der Waals surface area contributed by atoms with Crippen LogP contribution in [0.4, 0.5) is 5.82 Å². The molecule has 0 bridgehead atoms. The van der Waals surface area contributed by atoms with Crippen LogP contribution in [0.3, 0.4) is 0 Å². The van der Waals surface area contributed by atoms with Gasteiger partial charge in [-0.15, -0.1) is 0 Å². The fraction of sp³-hybridized carbons (Fsp3) is 0.0769. The van der Waals surface area contributed by atoms with E-state index in [4.69, 9.17) is 5.73 Å². The van der Waals surface area contributed by atoms with Gasteiger partial charge in [-0.05, 0) is 25.1 Å². The number of hydrogen-bond donors (Lipinski definition) is 2. The molecule has 96 valence electrons. The van der Waals surface area contributed by atoms with E-state index in [2.05, 4.69) is 19.9 Å². The maximum atomic E-state index is 11.3. The molecular weight excluding hydrogens is 242 g/mol. The number of H-pyrrole nitrogens is 1. The summed E-state index contributed by atoms with van der Waals surface area (Å²) in [6.45, 7) is 1.77. The van der Waals surface area contributed by atoms with E-state index >= 15 is 0 Å². The third kappa shape index (κ3) is 3.35. The lowest BCUT2D eigenvalue weighted by molar-refractivity contribution is 1.06. The molecule has 0 aliphatic carbocycles. The molecule has 0 aliphatic rings. The van der Waals surface area contributed by atoms with Crippen molar-refractivity contribution in [2.45, 2.75) is 6.92 Å². The van der Waals surface area contributed by atoms with Crippen LogP contribution < -0.4 is 11.3 Å². The maximum Gasteiger partial charge on any atom is 0.258 e. The van der Waals surface area contributed by atoms with Crippen molar-refractivity contribution < 1.29 is 0 Å². The second-order valence-corrected chi connectivity index (χ2v) is 3.80. The summed E-state index contributed by atoms with van der Waals surface area (Å²) in [5.41, 5.74) is 5.88. The Kier molecular flexibility index (Phi) is 3.82. The molecule has 3 rings (SSSR count). The SMILES string of the molecule is Cc1nc2ccccc2c(=O)[nH]1.Nc1ccncn1.